The van der Waals surface area contributed by atoms with Gasteiger partial charge in [0.25, 0.3) is 0 Å². The minimum Gasteiger partial charge on any atom is -0.393 e. The Balaban J connectivity index is 3.00. The summed E-state index contributed by atoms with van der Waals surface area (Å²) in [6.07, 6.45) is 1.07. The van der Waals surface area contributed by atoms with E-state index in [-0.39, 0.29) is 11.3 Å². The molecule has 1 aliphatic heterocycles. The van der Waals surface area contributed by atoms with Crippen molar-refractivity contribution in [3.8, 4) is 0 Å². The number of ether oxygens (including phenoxy) is 1. The van der Waals surface area contributed by atoms with Crippen LogP contribution in [0.5, 0.6) is 0 Å². The molecule has 1 atom stereocenters. The van der Waals surface area contributed by atoms with Gasteiger partial charge < -0.3 is 4.74 Å². The highest BCUT2D eigenvalue weighted by molar-refractivity contribution is 5.89. The van der Waals surface area contributed by atoms with Crippen LogP contribution in [0.15, 0.2) is 0 Å². The fourth-order valence-electron chi connectivity index (χ4n) is 2.19. The molecule has 3 nitrogen and oxygen atoms in total. The fraction of sp³-hybridized carbons (Fsp3) is 0.833. The molecule has 0 radical (unpaired) electrons. The summed E-state index contributed by atoms with van der Waals surface area (Å²) >= 11 is 0. The van der Waals surface area contributed by atoms with Crippen LogP contribution in [0.2, 0.25) is 0 Å². The van der Waals surface area contributed by atoms with Crippen molar-refractivity contribution in [2.24, 2.45) is 16.7 Å². The van der Waals surface area contributed by atoms with Gasteiger partial charge >= 0.3 is 11.9 Å². The fourth-order valence-corrected chi connectivity index (χ4v) is 2.19. The number of esters is 2. The predicted molar refractivity (Wildman–Crippen MR) is 57.1 cm³/mol. The van der Waals surface area contributed by atoms with Gasteiger partial charge in [0.2, 0.25) is 0 Å². The average Bonchev–Trinajstić information content (AvgIpc) is 2.00. The summed E-state index contributed by atoms with van der Waals surface area (Å²) < 4.78 is 4.79. The van der Waals surface area contributed by atoms with Crippen LogP contribution in [0.25, 0.3) is 0 Å². The molecule has 1 heterocycles. The minimum absolute atomic E-state index is 0.0153. The maximum absolute atomic E-state index is 11.7. The summed E-state index contributed by atoms with van der Waals surface area (Å²) in [6.45, 7) is 9.91. The third kappa shape index (κ3) is 2.58. The van der Waals surface area contributed by atoms with Gasteiger partial charge in [-0.05, 0) is 31.6 Å². The topological polar surface area (TPSA) is 43.4 Å². The average molecular weight is 212 g/mol. The van der Waals surface area contributed by atoms with Gasteiger partial charge in [0.05, 0.1) is 5.41 Å². The van der Waals surface area contributed by atoms with E-state index >= 15 is 0 Å². The molecule has 0 aliphatic carbocycles. The molecular formula is C12H20O3. The molecule has 0 bridgehead atoms. The third-order valence-electron chi connectivity index (χ3n) is 3.46. The first-order valence-corrected chi connectivity index (χ1v) is 5.40. The van der Waals surface area contributed by atoms with Crippen LogP contribution in [-0.4, -0.2) is 11.9 Å². The van der Waals surface area contributed by atoms with E-state index in [4.69, 9.17) is 4.74 Å². The zero-order valence-corrected chi connectivity index (χ0v) is 10.2. The smallest absolute Gasteiger partial charge is 0.319 e. The van der Waals surface area contributed by atoms with Gasteiger partial charge in [-0.3, -0.25) is 9.59 Å². The lowest BCUT2D eigenvalue weighted by Gasteiger charge is -2.39. The highest BCUT2D eigenvalue weighted by Crippen LogP contribution is 2.42. The Hall–Kier alpha value is -0.860. The Bertz CT molecular complexity index is 289. The first kappa shape index (κ1) is 12.2. The quantitative estimate of drug-likeness (QED) is 0.458. The lowest BCUT2D eigenvalue weighted by molar-refractivity contribution is -0.171. The summed E-state index contributed by atoms with van der Waals surface area (Å²) in [4.78, 5) is 23.0. The van der Waals surface area contributed by atoms with Gasteiger partial charge in [0, 0.05) is 6.42 Å². The minimum atomic E-state index is -0.576. The zero-order valence-electron chi connectivity index (χ0n) is 10.2. The summed E-state index contributed by atoms with van der Waals surface area (Å²) in [5.41, 5.74) is -0.591. The lowest BCUT2D eigenvalue weighted by Crippen LogP contribution is -2.40. The summed E-state index contributed by atoms with van der Waals surface area (Å²) in [5, 5.41) is 0. The predicted octanol–water partition coefficient (Wildman–Crippen LogP) is 2.54. The maximum atomic E-state index is 11.7. The second kappa shape index (κ2) is 3.62. The Labute approximate surface area is 91.2 Å². The number of carbonyl (C=O) groups excluding carboxylic acids is 2. The molecule has 1 aliphatic rings. The molecule has 0 saturated carbocycles. The van der Waals surface area contributed by atoms with E-state index in [9.17, 15) is 9.59 Å². The number of rotatable bonds is 0. The molecule has 0 N–H and O–H groups in total. The highest BCUT2D eigenvalue weighted by atomic mass is 16.6. The van der Waals surface area contributed by atoms with E-state index in [1.807, 2.05) is 20.8 Å². The van der Waals surface area contributed by atoms with Crippen LogP contribution in [0, 0.1) is 16.7 Å². The van der Waals surface area contributed by atoms with Crippen molar-refractivity contribution in [3.05, 3.63) is 0 Å². The molecule has 1 fully saturated rings. The van der Waals surface area contributed by atoms with Crippen LogP contribution < -0.4 is 0 Å². The Morgan fingerprint density at radius 1 is 1.20 bits per heavy atom. The first-order chi connectivity index (χ1) is 6.65. The molecule has 0 amide bonds. The van der Waals surface area contributed by atoms with Crippen molar-refractivity contribution in [1.82, 2.24) is 0 Å². The number of carbonyl (C=O) groups is 2. The zero-order chi connectivity index (χ0) is 11.9. The van der Waals surface area contributed by atoms with E-state index in [1.165, 1.54) is 0 Å². The SMILES string of the molecule is CC1CC(=O)OC(=O)C(C)(C)CC1(C)C. The van der Waals surface area contributed by atoms with E-state index in [2.05, 4.69) is 13.8 Å². The van der Waals surface area contributed by atoms with Gasteiger partial charge in [-0.15, -0.1) is 0 Å². The molecule has 0 aromatic carbocycles. The van der Waals surface area contributed by atoms with E-state index in [0.29, 0.717) is 6.42 Å². The molecule has 15 heavy (non-hydrogen) atoms. The van der Waals surface area contributed by atoms with Crippen molar-refractivity contribution < 1.29 is 14.3 Å². The van der Waals surface area contributed by atoms with Crippen LogP contribution in [-0.2, 0) is 14.3 Å². The standard InChI is InChI=1S/C12H20O3/c1-8-6-9(13)15-10(14)12(4,5)7-11(8,2)3/h8H,6-7H2,1-5H3. The summed E-state index contributed by atoms with van der Waals surface area (Å²) in [7, 11) is 0. The normalized spacial score (nSPS) is 30.3. The molecule has 0 aromatic rings. The second-order valence-corrected chi connectivity index (χ2v) is 5.92. The van der Waals surface area contributed by atoms with Crippen molar-refractivity contribution in [2.45, 2.75) is 47.5 Å². The Kier molecular flexibility index (Phi) is 2.94. The van der Waals surface area contributed by atoms with Crippen LogP contribution in [0.4, 0.5) is 0 Å². The summed E-state index contributed by atoms with van der Waals surface area (Å²) in [5.74, 6) is -0.557. The number of hydrogen-bond donors (Lipinski definition) is 0. The monoisotopic (exact) mass is 212 g/mol. The number of hydrogen-bond acceptors (Lipinski definition) is 3. The first-order valence-electron chi connectivity index (χ1n) is 5.40. The van der Waals surface area contributed by atoms with Gasteiger partial charge in [0.15, 0.2) is 0 Å². The van der Waals surface area contributed by atoms with Crippen LogP contribution in [0.3, 0.4) is 0 Å². The third-order valence-corrected chi connectivity index (χ3v) is 3.46. The van der Waals surface area contributed by atoms with Crippen molar-refractivity contribution in [2.75, 3.05) is 0 Å². The molecule has 0 spiro atoms. The molecule has 86 valence electrons. The molecule has 1 saturated heterocycles. The van der Waals surface area contributed by atoms with E-state index in [1.54, 1.807) is 0 Å². The molecule has 1 unspecified atom stereocenters. The molecule has 0 aromatic heterocycles. The molecule has 1 rings (SSSR count). The van der Waals surface area contributed by atoms with Crippen molar-refractivity contribution >= 4 is 11.9 Å². The van der Waals surface area contributed by atoms with Gasteiger partial charge in [-0.1, -0.05) is 20.8 Å². The number of cyclic esters (lactones) is 2. The van der Waals surface area contributed by atoms with Crippen molar-refractivity contribution in [3.63, 3.8) is 0 Å². The van der Waals surface area contributed by atoms with Gasteiger partial charge in [-0.2, -0.15) is 0 Å². The second-order valence-electron chi connectivity index (χ2n) is 5.92. The van der Waals surface area contributed by atoms with Gasteiger partial charge in [-0.25, -0.2) is 0 Å². The Morgan fingerprint density at radius 2 is 1.73 bits per heavy atom. The van der Waals surface area contributed by atoms with Crippen molar-refractivity contribution in [1.29, 1.82) is 0 Å². The Morgan fingerprint density at radius 3 is 2.27 bits per heavy atom. The largest absolute Gasteiger partial charge is 0.393 e. The molecular weight excluding hydrogens is 192 g/mol. The summed E-state index contributed by atoms with van der Waals surface area (Å²) in [6, 6.07) is 0. The van der Waals surface area contributed by atoms with Gasteiger partial charge in [0.1, 0.15) is 0 Å². The lowest BCUT2D eigenvalue weighted by atomic mass is 9.67. The molecule has 3 heteroatoms. The van der Waals surface area contributed by atoms with Crippen LogP contribution in [0.1, 0.15) is 47.5 Å². The van der Waals surface area contributed by atoms with E-state index < -0.39 is 17.4 Å². The van der Waals surface area contributed by atoms with Crippen LogP contribution >= 0.6 is 0 Å². The highest BCUT2D eigenvalue weighted by Gasteiger charge is 2.42. The van der Waals surface area contributed by atoms with E-state index in [0.717, 1.165) is 6.42 Å². The maximum Gasteiger partial charge on any atom is 0.319 e.